The van der Waals surface area contributed by atoms with Crippen molar-refractivity contribution >= 4 is 16.9 Å². The van der Waals surface area contributed by atoms with Gasteiger partial charge >= 0.3 is 6.09 Å². The maximum Gasteiger partial charge on any atom is 0.407 e. The van der Waals surface area contributed by atoms with Gasteiger partial charge in [0, 0.05) is 32.6 Å². The van der Waals surface area contributed by atoms with E-state index in [0.717, 1.165) is 34.1 Å². The number of carbonyl (C=O) groups is 1. The van der Waals surface area contributed by atoms with Crippen LogP contribution in [-0.2, 0) is 16.1 Å². The highest BCUT2D eigenvalue weighted by molar-refractivity contribution is 5.84. The van der Waals surface area contributed by atoms with Crippen LogP contribution in [-0.4, -0.2) is 55.6 Å². The van der Waals surface area contributed by atoms with E-state index < -0.39 is 6.09 Å². The molecule has 2 unspecified atom stereocenters. The van der Waals surface area contributed by atoms with Gasteiger partial charge in [-0.05, 0) is 58.7 Å². The molecule has 6 nitrogen and oxygen atoms in total. The number of carboxylic acid groups (broad SMARTS) is 1. The van der Waals surface area contributed by atoms with Crippen LogP contribution in [0.1, 0.15) is 29.9 Å². The molecule has 0 aromatic heterocycles. The first kappa shape index (κ1) is 24.0. The minimum atomic E-state index is -0.949. The standard InChI is InChI=1S/C27H30FNO5/c1-32-13-2-14-33-24-10-7-20-4-3-19(15-22(20)16-24)18-34-26-17-29(27(30)31)12-11-25(26)21-5-8-23(28)9-6-21/h3-10,15-16,25-26H,2,11-14,17-18H2,1H3,(H,30,31). The van der Waals surface area contributed by atoms with Crippen LogP contribution in [0, 0.1) is 5.82 Å². The number of piperidine rings is 1. The second-order valence-corrected chi connectivity index (χ2v) is 8.56. The zero-order valence-electron chi connectivity index (χ0n) is 19.3. The number of rotatable bonds is 9. The molecule has 0 radical (unpaired) electrons. The molecule has 0 spiro atoms. The monoisotopic (exact) mass is 467 g/mol. The molecule has 1 heterocycles. The summed E-state index contributed by atoms with van der Waals surface area (Å²) in [4.78, 5) is 12.9. The van der Waals surface area contributed by atoms with Crippen LogP contribution in [0.2, 0.25) is 0 Å². The normalized spacial score (nSPS) is 18.2. The Balaban J connectivity index is 1.46. The highest BCUT2D eigenvalue weighted by Gasteiger charge is 2.33. The fourth-order valence-corrected chi connectivity index (χ4v) is 4.40. The van der Waals surface area contributed by atoms with E-state index in [2.05, 4.69) is 6.07 Å². The first-order valence-corrected chi connectivity index (χ1v) is 11.5. The van der Waals surface area contributed by atoms with Gasteiger partial charge in [0.2, 0.25) is 0 Å². The summed E-state index contributed by atoms with van der Waals surface area (Å²) < 4.78 is 30.6. The lowest BCUT2D eigenvalue weighted by molar-refractivity contribution is -0.0199. The van der Waals surface area contributed by atoms with Gasteiger partial charge in [0.15, 0.2) is 0 Å². The Labute approximate surface area is 198 Å². The Morgan fingerprint density at radius 3 is 2.62 bits per heavy atom. The number of likely N-dealkylation sites (tertiary alicyclic amines) is 1. The van der Waals surface area contributed by atoms with Crippen LogP contribution >= 0.6 is 0 Å². The van der Waals surface area contributed by atoms with Crippen molar-refractivity contribution in [3.8, 4) is 5.75 Å². The lowest BCUT2D eigenvalue weighted by atomic mass is 9.87. The Bertz CT molecular complexity index is 1100. The maximum absolute atomic E-state index is 13.4. The molecule has 4 rings (SSSR count). The molecule has 1 aliphatic heterocycles. The van der Waals surface area contributed by atoms with Crippen molar-refractivity contribution in [2.24, 2.45) is 0 Å². The quantitative estimate of drug-likeness (QED) is 0.424. The third kappa shape index (κ3) is 6.04. The molecule has 2 atom stereocenters. The van der Waals surface area contributed by atoms with Gasteiger partial charge in [-0.1, -0.05) is 30.3 Å². The van der Waals surface area contributed by atoms with Gasteiger partial charge in [-0.2, -0.15) is 0 Å². The van der Waals surface area contributed by atoms with Crippen LogP contribution in [0.4, 0.5) is 9.18 Å². The van der Waals surface area contributed by atoms with E-state index in [1.54, 1.807) is 19.2 Å². The lowest BCUT2D eigenvalue weighted by Crippen LogP contribution is -2.46. The topological polar surface area (TPSA) is 68.2 Å². The Morgan fingerprint density at radius 1 is 1.06 bits per heavy atom. The molecule has 1 saturated heterocycles. The van der Waals surface area contributed by atoms with Gasteiger partial charge in [-0.15, -0.1) is 0 Å². The number of hydrogen-bond acceptors (Lipinski definition) is 4. The van der Waals surface area contributed by atoms with E-state index in [-0.39, 0.29) is 24.4 Å². The van der Waals surface area contributed by atoms with Crippen molar-refractivity contribution in [2.75, 3.05) is 33.4 Å². The highest BCUT2D eigenvalue weighted by Crippen LogP contribution is 2.32. The number of halogens is 1. The van der Waals surface area contributed by atoms with Gasteiger partial charge in [0.05, 0.1) is 25.9 Å². The Morgan fingerprint density at radius 2 is 1.85 bits per heavy atom. The largest absolute Gasteiger partial charge is 0.493 e. The number of fused-ring (bicyclic) bond motifs is 1. The smallest absolute Gasteiger partial charge is 0.407 e. The van der Waals surface area contributed by atoms with E-state index in [9.17, 15) is 14.3 Å². The van der Waals surface area contributed by atoms with Crippen LogP contribution in [0.15, 0.2) is 60.7 Å². The number of ether oxygens (including phenoxy) is 3. The molecule has 180 valence electrons. The molecule has 3 aromatic carbocycles. The first-order chi connectivity index (χ1) is 16.5. The molecule has 1 amide bonds. The van der Waals surface area contributed by atoms with Gasteiger partial charge < -0.3 is 24.2 Å². The fraction of sp³-hybridized carbons (Fsp3) is 0.370. The maximum atomic E-state index is 13.4. The SMILES string of the molecule is COCCCOc1ccc2ccc(COC3CN(C(=O)O)CCC3c3ccc(F)cc3)cc2c1. The average molecular weight is 468 g/mol. The van der Waals surface area contributed by atoms with Crippen LogP contribution < -0.4 is 4.74 Å². The number of hydrogen-bond donors (Lipinski definition) is 1. The molecule has 0 bridgehead atoms. The number of amides is 1. The molecule has 1 N–H and O–H groups in total. The summed E-state index contributed by atoms with van der Waals surface area (Å²) >= 11 is 0. The molecule has 1 fully saturated rings. The summed E-state index contributed by atoms with van der Waals surface area (Å²) in [6, 6.07) is 18.5. The molecule has 3 aromatic rings. The van der Waals surface area contributed by atoms with Crippen molar-refractivity contribution < 1.29 is 28.5 Å². The second-order valence-electron chi connectivity index (χ2n) is 8.56. The van der Waals surface area contributed by atoms with E-state index in [1.807, 2.05) is 30.3 Å². The summed E-state index contributed by atoms with van der Waals surface area (Å²) in [5, 5.41) is 11.6. The Kier molecular flexibility index (Phi) is 7.98. The van der Waals surface area contributed by atoms with Crippen molar-refractivity contribution in [3.05, 3.63) is 77.6 Å². The fourth-order valence-electron chi connectivity index (χ4n) is 4.40. The van der Waals surface area contributed by atoms with Crippen LogP contribution in [0.25, 0.3) is 10.8 Å². The van der Waals surface area contributed by atoms with E-state index in [0.29, 0.717) is 32.8 Å². The van der Waals surface area contributed by atoms with Crippen molar-refractivity contribution in [1.29, 1.82) is 0 Å². The minimum absolute atomic E-state index is 0.00348. The number of methoxy groups -OCH3 is 1. The average Bonchev–Trinajstić information content (AvgIpc) is 2.85. The van der Waals surface area contributed by atoms with E-state index in [1.165, 1.54) is 17.0 Å². The second kappa shape index (κ2) is 11.3. The van der Waals surface area contributed by atoms with E-state index in [4.69, 9.17) is 14.2 Å². The molecule has 0 aliphatic carbocycles. The first-order valence-electron chi connectivity index (χ1n) is 11.5. The zero-order chi connectivity index (χ0) is 23.9. The molecule has 34 heavy (non-hydrogen) atoms. The lowest BCUT2D eigenvalue weighted by Gasteiger charge is -2.37. The number of nitrogens with zero attached hydrogens (tertiary/aromatic N) is 1. The van der Waals surface area contributed by atoms with E-state index >= 15 is 0 Å². The van der Waals surface area contributed by atoms with Crippen molar-refractivity contribution in [3.63, 3.8) is 0 Å². The van der Waals surface area contributed by atoms with Gasteiger partial charge in [0.1, 0.15) is 11.6 Å². The molecular formula is C27H30FNO5. The summed E-state index contributed by atoms with van der Waals surface area (Å²) in [5.74, 6) is 0.522. The Hall–Kier alpha value is -3.16. The predicted octanol–water partition coefficient (Wildman–Crippen LogP) is 5.45. The van der Waals surface area contributed by atoms with Crippen molar-refractivity contribution in [2.45, 2.75) is 31.5 Å². The third-order valence-electron chi connectivity index (χ3n) is 6.23. The molecule has 1 aliphatic rings. The van der Waals surface area contributed by atoms with Crippen LogP contribution in [0.3, 0.4) is 0 Å². The highest BCUT2D eigenvalue weighted by atomic mass is 19.1. The molecule has 7 heteroatoms. The third-order valence-corrected chi connectivity index (χ3v) is 6.23. The van der Waals surface area contributed by atoms with Gasteiger partial charge in [-0.25, -0.2) is 9.18 Å². The van der Waals surface area contributed by atoms with Gasteiger partial charge in [0.25, 0.3) is 0 Å². The molecule has 0 saturated carbocycles. The van der Waals surface area contributed by atoms with Gasteiger partial charge in [-0.3, -0.25) is 0 Å². The zero-order valence-corrected chi connectivity index (χ0v) is 19.3. The van der Waals surface area contributed by atoms with Crippen molar-refractivity contribution in [1.82, 2.24) is 4.90 Å². The predicted molar refractivity (Wildman–Crippen MR) is 128 cm³/mol. The summed E-state index contributed by atoms with van der Waals surface area (Å²) in [7, 11) is 1.67. The summed E-state index contributed by atoms with van der Waals surface area (Å²) in [5.41, 5.74) is 1.96. The summed E-state index contributed by atoms with van der Waals surface area (Å²) in [6.45, 7) is 2.32. The van der Waals surface area contributed by atoms with Crippen LogP contribution in [0.5, 0.6) is 5.75 Å². The minimum Gasteiger partial charge on any atom is -0.493 e. The summed E-state index contributed by atoms with van der Waals surface area (Å²) in [6.07, 6.45) is 0.188. The number of benzene rings is 3. The molecular weight excluding hydrogens is 437 g/mol.